The number of aliphatic hydroxyl groups excluding tert-OH is 2. The second-order valence-corrected chi connectivity index (χ2v) is 6.34. The number of nitrogens with one attached hydrogen (secondary N) is 2. The number of aromatic amines is 1. The van der Waals surface area contributed by atoms with E-state index in [9.17, 15) is 10.2 Å². The van der Waals surface area contributed by atoms with Crippen molar-refractivity contribution in [2.24, 2.45) is 0 Å². The predicted molar refractivity (Wildman–Crippen MR) is 94.7 cm³/mol. The molecule has 0 spiro atoms. The van der Waals surface area contributed by atoms with E-state index in [1.807, 2.05) is 0 Å². The molecule has 4 N–H and O–H groups in total. The zero-order valence-electron chi connectivity index (χ0n) is 13.9. The molecule has 23 heavy (non-hydrogen) atoms. The fourth-order valence-corrected chi connectivity index (χ4v) is 3.06. The lowest BCUT2D eigenvalue weighted by molar-refractivity contribution is 0.00981. The number of benzene rings is 2. The Kier molecular flexibility index (Phi) is 4.39. The van der Waals surface area contributed by atoms with E-state index < -0.39 is 12.3 Å². The van der Waals surface area contributed by atoms with Gasteiger partial charge in [0.1, 0.15) is 6.23 Å². The Balaban J connectivity index is 1.88. The molecule has 0 aliphatic heterocycles. The molecule has 3 rings (SSSR count). The number of hydrogen-bond acceptors (Lipinski definition) is 3. The van der Waals surface area contributed by atoms with Crippen LogP contribution in [0, 0.1) is 13.8 Å². The van der Waals surface area contributed by atoms with E-state index in [2.05, 4.69) is 54.5 Å². The average molecular weight is 312 g/mol. The average Bonchev–Trinajstić information content (AvgIpc) is 2.88. The van der Waals surface area contributed by atoms with Gasteiger partial charge in [0.2, 0.25) is 0 Å². The van der Waals surface area contributed by atoms with E-state index in [-0.39, 0.29) is 0 Å². The molecule has 2 atom stereocenters. The van der Waals surface area contributed by atoms with E-state index in [4.69, 9.17) is 0 Å². The van der Waals surface area contributed by atoms with Crippen LogP contribution < -0.4 is 5.32 Å². The maximum absolute atomic E-state index is 9.60. The standard InChI is InChI=1S/C19H24N2O2/c1-11-4-7-17-16(10-11)15-6-5-14(12(2)18(15)21-17)8-9-20-19(23)13(3)22/h4-7,10,13,19-23H,8-9H2,1-3H3. The molecule has 0 saturated carbocycles. The largest absolute Gasteiger partial charge is 0.389 e. The van der Waals surface area contributed by atoms with Gasteiger partial charge in [-0.25, -0.2) is 0 Å². The number of H-pyrrole nitrogens is 1. The van der Waals surface area contributed by atoms with E-state index in [1.54, 1.807) is 6.92 Å². The molecule has 1 aromatic heterocycles. The summed E-state index contributed by atoms with van der Waals surface area (Å²) in [6, 6.07) is 10.8. The highest BCUT2D eigenvalue weighted by atomic mass is 16.3. The summed E-state index contributed by atoms with van der Waals surface area (Å²) in [4.78, 5) is 3.52. The Labute approximate surface area is 136 Å². The Morgan fingerprint density at radius 2 is 1.87 bits per heavy atom. The molecular formula is C19H24N2O2. The van der Waals surface area contributed by atoms with Crippen molar-refractivity contribution in [1.82, 2.24) is 10.3 Å². The van der Waals surface area contributed by atoms with E-state index in [0.29, 0.717) is 6.54 Å². The van der Waals surface area contributed by atoms with Crippen LogP contribution in [-0.4, -0.2) is 34.1 Å². The lowest BCUT2D eigenvalue weighted by Gasteiger charge is -2.15. The van der Waals surface area contributed by atoms with Crippen molar-refractivity contribution in [1.29, 1.82) is 0 Å². The minimum absolute atomic E-state index is 0.623. The normalized spacial score (nSPS) is 14.5. The quantitative estimate of drug-likeness (QED) is 0.548. The van der Waals surface area contributed by atoms with Crippen molar-refractivity contribution in [2.45, 2.75) is 39.5 Å². The van der Waals surface area contributed by atoms with Crippen molar-refractivity contribution >= 4 is 21.8 Å². The fraction of sp³-hybridized carbons (Fsp3) is 0.368. The Morgan fingerprint density at radius 3 is 2.61 bits per heavy atom. The molecule has 1 heterocycles. The summed E-state index contributed by atoms with van der Waals surface area (Å²) in [7, 11) is 0. The molecule has 4 nitrogen and oxygen atoms in total. The van der Waals surface area contributed by atoms with Gasteiger partial charge < -0.3 is 15.2 Å². The molecule has 0 saturated heterocycles. The predicted octanol–water partition coefficient (Wildman–Crippen LogP) is 2.77. The molecule has 0 fully saturated rings. The zero-order chi connectivity index (χ0) is 16.6. The zero-order valence-corrected chi connectivity index (χ0v) is 13.9. The molecule has 0 bridgehead atoms. The first-order valence-corrected chi connectivity index (χ1v) is 8.07. The summed E-state index contributed by atoms with van der Waals surface area (Å²) in [5.41, 5.74) is 6.08. The lowest BCUT2D eigenvalue weighted by atomic mass is 10.0. The minimum atomic E-state index is -0.880. The number of rotatable bonds is 5. The summed E-state index contributed by atoms with van der Waals surface area (Å²) >= 11 is 0. The van der Waals surface area contributed by atoms with E-state index in [1.165, 1.54) is 33.0 Å². The van der Waals surface area contributed by atoms with Crippen molar-refractivity contribution in [3.63, 3.8) is 0 Å². The molecule has 2 unspecified atom stereocenters. The molecule has 0 aliphatic rings. The summed E-state index contributed by atoms with van der Waals surface area (Å²) in [6.45, 7) is 6.43. The van der Waals surface area contributed by atoms with Gasteiger partial charge in [-0.2, -0.15) is 0 Å². The second kappa shape index (κ2) is 6.32. The first kappa shape index (κ1) is 16.0. The summed E-state index contributed by atoms with van der Waals surface area (Å²) in [6.07, 6.45) is -0.842. The maximum Gasteiger partial charge on any atom is 0.130 e. The lowest BCUT2D eigenvalue weighted by Crippen LogP contribution is -2.39. The Bertz CT molecular complexity index is 836. The number of aryl methyl sites for hydroxylation is 2. The first-order chi connectivity index (χ1) is 11.0. The third kappa shape index (κ3) is 3.11. The van der Waals surface area contributed by atoms with Crippen LogP contribution >= 0.6 is 0 Å². The number of fused-ring (bicyclic) bond motifs is 3. The topological polar surface area (TPSA) is 68.3 Å². The van der Waals surface area contributed by atoms with Crippen LogP contribution in [0.5, 0.6) is 0 Å². The van der Waals surface area contributed by atoms with Gasteiger partial charge in [-0.05, 0) is 50.5 Å². The molecular weight excluding hydrogens is 288 g/mol. The monoisotopic (exact) mass is 312 g/mol. The van der Waals surface area contributed by atoms with Crippen LogP contribution in [0.3, 0.4) is 0 Å². The van der Waals surface area contributed by atoms with Crippen LogP contribution in [0.25, 0.3) is 21.8 Å². The van der Waals surface area contributed by atoms with Gasteiger partial charge >= 0.3 is 0 Å². The molecule has 0 aliphatic carbocycles. The Hall–Kier alpha value is -1.88. The minimum Gasteiger partial charge on any atom is -0.389 e. The highest BCUT2D eigenvalue weighted by Crippen LogP contribution is 2.30. The van der Waals surface area contributed by atoms with Crippen LogP contribution in [0.15, 0.2) is 30.3 Å². The van der Waals surface area contributed by atoms with Crippen molar-refractivity contribution in [3.05, 3.63) is 47.0 Å². The van der Waals surface area contributed by atoms with Gasteiger partial charge in [0, 0.05) is 28.4 Å². The summed E-state index contributed by atoms with van der Waals surface area (Å²) < 4.78 is 0. The first-order valence-electron chi connectivity index (χ1n) is 8.07. The van der Waals surface area contributed by atoms with Crippen LogP contribution in [0.2, 0.25) is 0 Å². The molecule has 0 radical (unpaired) electrons. The fourth-order valence-electron chi connectivity index (χ4n) is 3.06. The van der Waals surface area contributed by atoms with Crippen LogP contribution in [-0.2, 0) is 6.42 Å². The molecule has 3 aromatic rings. The third-order valence-corrected chi connectivity index (χ3v) is 4.51. The van der Waals surface area contributed by atoms with Crippen molar-refractivity contribution < 1.29 is 10.2 Å². The second-order valence-electron chi connectivity index (χ2n) is 6.34. The number of hydrogen-bond donors (Lipinski definition) is 4. The van der Waals surface area contributed by atoms with Gasteiger partial charge in [0.15, 0.2) is 0 Å². The highest BCUT2D eigenvalue weighted by molar-refractivity contribution is 6.08. The van der Waals surface area contributed by atoms with E-state index in [0.717, 1.165) is 11.9 Å². The highest BCUT2D eigenvalue weighted by Gasteiger charge is 2.12. The van der Waals surface area contributed by atoms with Gasteiger partial charge in [-0.1, -0.05) is 23.8 Å². The third-order valence-electron chi connectivity index (χ3n) is 4.51. The van der Waals surface area contributed by atoms with E-state index >= 15 is 0 Å². The van der Waals surface area contributed by atoms with Crippen LogP contribution in [0.1, 0.15) is 23.6 Å². The van der Waals surface area contributed by atoms with Gasteiger partial charge in [0.05, 0.1) is 6.10 Å². The molecule has 0 amide bonds. The number of aliphatic hydroxyl groups is 2. The molecule has 4 heteroatoms. The number of aromatic nitrogens is 1. The van der Waals surface area contributed by atoms with Crippen molar-refractivity contribution in [3.8, 4) is 0 Å². The summed E-state index contributed by atoms with van der Waals surface area (Å²) in [5.74, 6) is 0. The van der Waals surface area contributed by atoms with Crippen molar-refractivity contribution in [2.75, 3.05) is 6.54 Å². The smallest absolute Gasteiger partial charge is 0.130 e. The SMILES string of the molecule is Cc1ccc2[nH]c3c(C)c(CCNC(O)C(C)O)ccc3c2c1. The van der Waals surface area contributed by atoms with Gasteiger partial charge in [-0.15, -0.1) is 0 Å². The molecule has 122 valence electrons. The Morgan fingerprint density at radius 1 is 1.09 bits per heavy atom. The van der Waals surface area contributed by atoms with Crippen LogP contribution in [0.4, 0.5) is 0 Å². The molecule has 2 aromatic carbocycles. The van der Waals surface area contributed by atoms with Gasteiger partial charge in [-0.3, -0.25) is 5.32 Å². The summed E-state index contributed by atoms with van der Waals surface area (Å²) in [5, 5.41) is 24.3. The maximum atomic E-state index is 9.60. The van der Waals surface area contributed by atoms with Gasteiger partial charge in [0.25, 0.3) is 0 Å².